The molecule has 0 aromatic carbocycles. The molecule has 0 fully saturated rings. The molecular formula is C11H25N3O. The minimum absolute atomic E-state index is 0.233. The molecule has 0 amide bonds. The number of nitrogens with one attached hydrogen (secondary N) is 1. The minimum Gasteiger partial charge on any atom is -0.395 e. The van der Waals surface area contributed by atoms with E-state index in [0.717, 1.165) is 32.5 Å². The molecule has 0 heterocycles. The summed E-state index contributed by atoms with van der Waals surface area (Å²) < 4.78 is 0. The Labute approximate surface area is 93.0 Å². The predicted molar refractivity (Wildman–Crippen MR) is 64.2 cm³/mol. The zero-order valence-corrected chi connectivity index (χ0v) is 9.84. The van der Waals surface area contributed by atoms with Gasteiger partial charge in [0.15, 0.2) is 0 Å². The lowest BCUT2D eigenvalue weighted by atomic mass is 10.2. The fraction of sp³-hybridized carbons (Fsp3) is 0.909. The molecule has 0 aromatic heterocycles. The van der Waals surface area contributed by atoms with Gasteiger partial charge in [-0.1, -0.05) is 13.3 Å². The summed E-state index contributed by atoms with van der Waals surface area (Å²) in [4.78, 5) is 2.28. The number of rotatable bonds is 10. The Bertz CT molecular complexity index is 162. The first-order valence-electron chi connectivity index (χ1n) is 5.86. The molecule has 0 atom stereocenters. The predicted octanol–water partition coefficient (Wildman–Crippen LogP) is 1.19. The largest absolute Gasteiger partial charge is 0.395 e. The van der Waals surface area contributed by atoms with Gasteiger partial charge in [-0.2, -0.15) is 0 Å². The topological polar surface area (TPSA) is 73.3 Å². The third-order valence-electron chi connectivity index (χ3n) is 2.41. The first-order chi connectivity index (χ1) is 7.20. The third-order valence-corrected chi connectivity index (χ3v) is 2.41. The van der Waals surface area contributed by atoms with E-state index in [0.29, 0.717) is 6.42 Å². The number of nitrogens with two attached hydrogens (primary N) is 1. The molecule has 4 heteroatoms. The van der Waals surface area contributed by atoms with Crippen molar-refractivity contribution in [3.8, 4) is 0 Å². The summed E-state index contributed by atoms with van der Waals surface area (Å²) in [5.74, 6) is 0.275. The van der Waals surface area contributed by atoms with Gasteiger partial charge in [0.25, 0.3) is 0 Å². The van der Waals surface area contributed by atoms with Crippen molar-refractivity contribution in [2.75, 3.05) is 26.2 Å². The van der Waals surface area contributed by atoms with Crippen LogP contribution in [0.15, 0.2) is 0 Å². The zero-order valence-electron chi connectivity index (χ0n) is 9.84. The van der Waals surface area contributed by atoms with E-state index in [-0.39, 0.29) is 12.4 Å². The van der Waals surface area contributed by atoms with E-state index in [1.165, 1.54) is 12.8 Å². The highest BCUT2D eigenvalue weighted by Gasteiger charge is 2.02. The van der Waals surface area contributed by atoms with Crippen molar-refractivity contribution in [2.24, 2.45) is 5.73 Å². The van der Waals surface area contributed by atoms with Crippen LogP contribution in [0.3, 0.4) is 0 Å². The SMILES string of the molecule is CCCCN(CCO)CCCCC(=N)N. The molecule has 0 spiro atoms. The molecule has 0 saturated heterocycles. The van der Waals surface area contributed by atoms with Gasteiger partial charge >= 0.3 is 0 Å². The summed E-state index contributed by atoms with van der Waals surface area (Å²) >= 11 is 0. The van der Waals surface area contributed by atoms with Gasteiger partial charge in [0.1, 0.15) is 0 Å². The monoisotopic (exact) mass is 215 g/mol. The molecule has 0 aliphatic carbocycles. The van der Waals surface area contributed by atoms with Crippen molar-refractivity contribution in [1.29, 1.82) is 5.41 Å². The second kappa shape index (κ2) is 9.93. The summed E-state index contributed by atoms with van der Waals surface area (Å²) in [5.41, 5.74) is 5.28. The lowest BCUT2D eigenvalue weighted by Crippen LogP contribution is -2.29. The van der Waals surface area contributed by atoms with E-state index in [1.807, 2.05) is 0 Å². The molecule has 0 rings (SSSR count). The van der Waals surface area contributed by atoms with Crippen LogP contribution < -0.4 is 5.73 Å². The van der Waals surface area contributed by atoms with E-state index >= 15 is 0 Å². The number of hydrogen-bond acceptors (Lipinski definition) is 3. The van der Waals surface area contributed by atoms with Crippen molar-refractivity contribution >= 4 is 5.84 Å². The zero-order chi connectivity index (χ0) is 11.5. The lowest BCUT2D eigenvalue weighted by molar-refractivity contribution is 0.192. The number of aliphatic hydroxyl groups excluding tert-OH is 1. The summed E-state index contributed by atoms with van der Waals surface area (Å²) in [7, 11) is 0. The number of aliphatic hydroxyl groups is 1. The second-order valence-electron chi connectivity index (χ2n) is 3.90. The molecule has 15 heavy (non-hydrogen) atoms. The van der Waals surface area contributed by atoms with Crippen LogP contribution in [-0.2, 0) is 0 Å². The van der Waals surface area contributed by atoms with Crippen molar-refractivity contribution in [1.82, 2.24) is 4.90 Å². The van der Waals surface area contributed by atoms with Crippen LogP contribution in [0.25, 0.3) is 0 Å². The highest BCUT2D eigenvalue weighted by Crippen LogP contribution is 2.00. The number of amidine groups is 1. The number of nitrogens with zero attached hydrogens (tertiary/aromatic N) is 1. The minimum atomic E-state index is 0.233. The van der Waals surface area contributed by atoms with Crippen LogP contribution in [0.1, 0.15) is 39.0 Å². The van der Waals surface area contributed by atoms with Gasteiger partial charge < -0.3 is 15.7 Å². The molecule has 90 valence electrons. The van der Waals surface area contributed by atoms with Crippen molar-refractivity contribution in [3.63, 3.8) is 0 Å². The smallest absolute Gasteiger partial charge is 0.0905 e. The van der Waals surface area contributed by atoms with Gasteiger partial charge in [-0.05, 0) is 32.4 Å². The maximum absolute atomic E-state index is 8.88. The molecule has 0 radical (unpaired) electrons. The summed E-state index contributed by atoms with van der Waals surface area (Å²) in [6, 6.07) is 0. The van der Waals surface area contributed by atoms with Crippen LogP contribution >= 0.6 is 0 Å². The second-order valence-corrected chi connectivity index (χ2v) is 3.90. The van der Waals surface area contributed by atoms with Crippen molar-refractivity contribution < 1.29 is 5.11 Å². The molecule has 0 aromatic rings. The molecule has 0 aliphatic heterocycles. The van der Waals surface area contributed by atoms with E-state index < -0.39 is 0 Å². The molecule has 0 saturated carbocycles. The molecule has 0 aliphatic rings. The molecule has 0 bridgehead atoms. The van der Waals surface area contributed by atoms with E-state index in [1.54, 1.807) is 0 Å². The average molecular weight is 215 g/mol. The maximum atomic E-state index is 8.88. The van der Waals surface area contributed by atoms with E-state index in [9.17, 15) is 0 Å². The van der Waals surface area contributed by atoms with Crippen LogP contribution in [0.4, 0.5) is 0 Å². The van der Waals surface area contributed by atoms with Crippen LogP contribution in [0.2, 0.25) is 0 Å². The molecular weight excluding hydrogens is 190 g/mol. The van der Waals surface area contributed by atoms with Gasteiger partial charge in [0.05, 0.1) is 12.4 Å². The fourth-order valence-corrected chi connectivity index (χ4v) is 1.51. The first kappa shape index (κ1) is 14.4. The Balaban J connectivity index is 3.51. The Morgan fingerprint density at radius 1 is 1.20 bits per heavy atom. The number of unbranched alkanes of at least 4 members (excludes halogenated alkanes) is 2. The van der Waals surface area contributed by atoms with Gasteiger partial charge in [-0.15, -0.1) is 0 Å². The van der Waals surface area contributed by atoms with Gasteiger partial charge in [0.2, 0.25) is 0 Å². The highest BCUT2D eigenvalue weighted by molar-refractivity contribution is 5.76. The van der Waals surface area contributed by atoms with Gasteiger partial charge in [0, 0.05) is 13.0 Å². The fourth-order valence-electron chi connectivity index (χ4n) is 1.51. The quantitative estimate of drug-likeness (QED) is 0.291. The Hall–Kier alpha value is -0.610. The molecule has 0 unspecified atom stereocenters. The Kier molecular flexibility index (Phi) is 9.52. The van der Waals surface area contributed by atoms with Crippen LogP contribution in [-0.4, -0.2) is 42.1 Å². The summed E-state index contributed by atoms with van der Waals surface area (Å²) in [6.45, 7) is 5.24. The third kappa shape index (κ3) is 9.69. The molecule has 4 nitrogen and oxygen atoms in total. The molecule has 4 N–H and O–H groups in total. The Morgan fingerprint density at radius 3 is 2.40 bits per heavy atom. The highest BCUT2D eigenvalue weighted by atomic mass is 16.3. The number of hydrogen-bond donors (Lipinski definition) is 3. The van der Waals surface area contributed by atoms with Crippen molar-refractivity contribution in [3.05, 3.63) is 0 Å². The maximum Gasteiger partial charge on any atom is 0.0905 e. The van der Waals surface area contributed by atoms with Crippen molar-refractivity contribution in [2.45, 2.75) is 39.0 Å². The lowest BCUT2D eigenvalue weighted by Gasteiger charge is -2.20. The normalized spacial score (nSPS) is 10.9. The first-order valence-corrected chi connectivity index (χ1v) is 5.86. The van der Waals surface area contributed by atoms with E-state index in [2.05, 4.69) is 11.8 Å². The van der Waals surface area contributed by atoms with E-state index in [4.69, 9.17) is 16.2 Å². The summed E-state index contributed by atoms with van der Waals surface area (Å²) in [6.07, 6.45) is 5.11. The summed E-state index contributed by atoms with van der Waals surface area (Å²) in [5, 5.41) is 16.0. The van der Waals surface area contributed by atoms with Gasteiger partial charge in [-0.25, -0.2) is 0 Å². The Morgan fingerprint density at radius 2 is 1.87 bits per heavy atom. The standard InChI is InChI=1S/C11H25N3O/c1-2-3-7-14(9-10-15)8-5-4-6-11(12)13/h15H,2-10H2,1H3,(H3,12,13). The van der Waals surface area contributed by atoms with Crippen LogP contribution in [0.5, 0.6) is 0 Å². The van der Waals surface area contributed by atoms with Crippen LogP contribution in [0, 0.1) is 5.41 Å². The van der Waals surface area contributed by atoms with Gasteiger partial charge in [-0.3, -0.25) is 5.41 Å². The average Bonchev–Trinajstić information content (AvgIpc) is 2.20.